The Morgan fingerprint density at radius 2 is 1.96 bits per heavy atom. The second-order valence-corrected chi connectivity index (χ2v) is 7.19. The molecule has 0 heterocycles. The summed E-state index contributed by atoms with van der Waals surface area (Å²) in [7, 11) is 1.63. The highest BCUT2D eigenvalue weighted by Crippen LogP contribution is 2.28. The van der Waals surface area contributed by atoms with Crippen molar-refractivity contribution in [2.75, 3.05) is 12.9 Å². The van der Waals surface area contributed by atoms with Gasteiger partial charge >= 0.3 is 0 Å². The molecular formula is C18H20BrNO2S. The molecule has 1 amide bonds. The summed E-state index contributed by atoms with van der Waals surface area (Å²) in [5.74, 6) is 1.21. The van der Waals surface area contributed by atoms with Gasteiger partial charge in [-0.15, -0.1) is 11.8 Å². The number of thioether (sulfide) groups is 1. The van der Waals surface area contributed by atoms with E-state index in [1.165, 1.54) is 5.56 Å². The minimum Gasteiger partial charge on any atom is -0.496 e. The summed E-state index contributed by atoms with van der Waals surface area (Å²) < 4.78 is 6.10. The Labute approximate surface area is 149 Å². The van der Waals surface area contributed by atoms with Crippen LogP contribution >= 0.6 is 27.7 Å². The van der Waals surface area contributed by atoms with Crippen molar-refractivity contribution in [3.05, 3.63) is 58.1 Å². The van der Waals surface area contributed by atoms with E-state index >= 15 is 0 Å². The molecule has 0 saturated heterocycles. The van der Waals surface area contributed by atoms with Crippen molar-refractivity contribution in [2.45, 2.75) is 24.8 Å². The predicted molar refractivity (Wildman–Crippen MR) is 99.2 cm³/mol. The molecule has 0 aromatic heterocycles. The lowest BCUT2D eigenvalue weighted by molar-refractivity contribution is -0.119. The standard InChI is InChI=1S/C18H20BrNO2S/c1-12-4-7-15(8-5-12)23-11-18(21)20-13(2)14-6-9-17(22-3)16(19)10-14/h4-10,13H,11H2,1-3H3,(H,20,21)/t13-/m0/s1. The molecule has 5 heteroatoms. The summed E-state index contributed by atoms with van der Waals surface area (Å²) in [5, 5.41) is 3.02. The van der Waals surface area contributed by atoms with E-state index in [2.05, 4.69) is 40.3 Å². The zero-order chi connectivity index (χ0) is 16.8. The Kier molecular flexibility index (Phi) is 6.54. The average Bonchev–Trinajstić information content (AvgIpc) is 2.54. The number of carbonyl (C=O) groups is 1. The van der Waals surface area contributed by atoms with E-state index < -0.39 is 0 Å². The average molecular weight is 394 g/mol. The van der Waals surface area contributed by atoms with Crippen LogP contribution in [0.2, 0.25) is 0 Å². The van der Waals surface area contributed by atoms with Crippen molar-refractivity contribution in [1.82, 2.24) is 5.32 Å². The fraction of sp³-hybridized carbons (Fsp3) is 0.278. The Hall–Kier alpha value is -1.46. The number of hydrogen-bond acceptors (Lipinski definition) is 3. The third-order valence-electron chi connectivity index (χ3n) is 3.44. The molecule has 2 aromatic rings. The maximum absolute atomic E-state index is 12.1. The first-order chi connectivity index (χ1) is 11.0. The summed E-state index contributed by atoms with van der Waals surface area (Å²) in [6, 6.07) is 14.0. The molecule has 122 valence electrons. The lowest BCUT2D eigenvalue weighted by Gasteiger charge is -2.15. The van der Waals surface area contributed by atoms with E-state index in [0.29, 0.717) is 5.75 Å². The van der Waals surface area contributed by atoms with Gasteiger partial charge in [0.2, 0.25) is 5.91 Å². The van der Waals surface area contributed by atoms with E-state index in [1.54, 1.807) is 18.9 Å². The Balaban J connectivity index is 1.89. The van der Waals surface area contributed by atoms with Crippen LogP contribution in [0, 0.1) is 6.92 Å². The fourth-order valence-corrected chi connectivity index (χ4v) is 3.37. The lowest BCUT2D eigenvalue weighted by atomic mass is 10.1. The zero-order valence-electron chi connectivity index (χ0n) is 13.4. The number of nitrogens with one attached hydrogen (secondary N) is 1. The van der Waals surface area contributed by atoms with Crippen LogP contribution in [0.15, 0.2) is 51.8 Å². The summed E-state index contributed by atoms with van der Waals surface area (Å²) >= 11 is 5.01. The van der Waals surface area contributed by atoms with Crippen LogP contribution in [0.5, 0.6) is 5.75 Å². The van der Waals surface area contributed by atoms with Crippen molar-refractivity contribution in [1.29, 1.82) is 0 Å². The second-order valence-electron chi connectivity index (χ2n) is 5.28. The van der Waals surface area contributed by atoms with Gasteiger partial charge in [0.1, 0.15) is 5.75 Å². The van der Waals surface area contributed by atoms with E-state index in [4.69, 9.17) is 4.74 Å². The zero-order valence-corrected chi connectivity index (χ0v) is 15.8. The molecule has 3 nitrogen and oxygen atoms in total. The van der Waals surface area contributed by atoms with Crippen molar-refractivity contribution in [2.24, 2.45) is 0 Å². The van der Waals surface area contributed by atoms with Gasteiger partial charge in [-0.05, 0) is 59.6 Å². The molecule has 0 spiro atoms. The SMILES string of the molecule is COc1ccc([C@H](C)NC(=O)CSc2ccc(C)cc2)cc1Br. The smallest absolute Gasteiger partial charge is 0.230 e. The summed E-state index contributed by atoms with van der Waals surface area (Å²) in [4.78, 5) is 13.2. The summed E-state index contributed by atoms with van der Waals surface area (Å²) in [6.45, 7) is 4.03. The Bertz CT molecular complexity index is 673. The molecule has 2 aromatic carbocycles. The minimum absolute atomic E-state index is 0.0232. The van der Waals surface area contributed by atoms with E-state index in [0.717, 1.165) is 20.7 Å². The number of hydrogen-bond donors (Lipinski definition) is 1. The molecule has 23 heavy (non-hydrogen) atoms. The van der Waals surface area contributed by atoms with Gasteiger partial charge < -0.3 is 10.1 Å². The summed E-state index contributed by atoms with van der Waals surface area (Å²) in [6.07, 6.45) is 0. The molecule has 0 aliphatic carbocycles. The Morgan fingerprint density at radius 3 is 2.57 bits per heavy atom. The molecular weight excluding hydrogens is 374 g/mol. The Morgan fingerprint density at radius 1 is 1.26 bits per heavy atom. The van der Waals surface area contributed by atoms with Gasteiger partial charge in [0, 0.05) is 4.90 Å². The number of ether oxygens (including phenoxy) is 1. The van der Waals surface area contributed by atoms with Gasteiger partial charge in [-0.1, -0.05) is 23.8 Å². The van der Waals surface area contributed by atoms with Gasteiger partial charge in [-0.2, -0.15) is 0 Å². The molecule has 1 N–H and O–H groups in total. The molecule has 0 saturated carbocycles. The van der Waals surface area contributed by atoms with Crippen LogP contribution in [-0.2, 0) is 4.79 Å². The second kappa shape index (κ2) is 8.41. The quantitative estimate of drug-likeness (QED) is 0.720. The first-order valence-corrected chi connectivity index (χ1v) is 9.09. The number of halogens is 1. The van der Waals surface area contributed by atoms with Gasteiger partial charge in [0.15, 0.2) is 0 Å². The van der Waals surface area contributed by atoms with Crippen molar-refractivity contribution in [3.63, 3.8) is 0 Å². The predicted octanol–water partition coefficient (Wildman–Crippen LogP) is 4.74. The first kappa shape index (κ1) is 17.9. The third kappa shape index (κ3) is 5.29. The number of aryl methyl sites for hydroxylation is 1. The van der Waals surface area contributed by atoms with Gasteiger partial charge in [0.05, 0.1) is 23.4 Å². The van der Waals surface area contributed by atoms with E-state index in [-0.39, 0.29) is 11.9 Å². The monoisotopic (exact) mass is 393 g/mol. The van der Waals surface area contributed by atoms with Crippen LogP contribution < -0.4 is 10.1 Å². The minimum atomic E-state index is -0.0525. The van der Waals surface area contributed by atoms with Crippen LogP contribution in [-0.4, -0.2) is 18.8 Å². The maximum Gasteiger partial charge on any atom is 0.230 e. The van der Waals surface area contributed by atoms with Gasteiger partial charge in [-0.3, -0.25) is 4.79 Å². The van der Waals surface area contributed by atoms with E-state index in [9.17, 15) is 4.79 Å². The van der Waals surface area contributed by atoms with Crippen molar-refractivity contribution in [3.8, 4) is 5.75 Å². The number of methoxy groups -OCH3 is 1. The molecule has 0 aliphatic heterocycles. The van der Waals surface area contributed by atoms with Crippen LogP contribution in [0.3, 0.4) is 0 Å². The van der Waals surface area contributed by atoms with Gasteiger partial charge in [-0.25, -0.2) is 0 Å². The van der Waals surface area contributed by atoms with Gasteiger partial charge in [0.25, 0.3) is 0 Å². The molecule has 0 aliphatic rings. The lowest BCUT2D eigenvalue weighted by Crippen LogP contribution is -2.28. The molecule has 0 fully saturated rings. The highest BCUT2D eigenvalue weighted by molar-refractivity contribution is 9.10. The summed E-state index contributed by atoms with van der Waals surface area (Å²) in [5.41, 5.74) is 2.25. The molecule has 1 atom stereocenters. The molecule has 0 bridgehead atoms. The highest BCUT2D eigenvalue weighted by Gasteiger charge is 2.11. The number of rotatable bonds is 6. The maximum atomic E-state index is 12.1. The molecule has 0 radical (unpaired) electrons. The van der Waals surface area contributed by atoms with Crippen LogP contribution in [0.1, 0.15) is 24.1 Å². The third-order valence-corrected chi connectivity index (χ3v) is 5.08. The number of carbonyl (C=O) groups excluding carboxylic acids is 1. The molecule has 2 rings (SSSR count). The van der Waals surface area contributed by atoms with Crippen LogP contribution in [0.25, 0.3) is 0 Å². The fourth-order valence-electron chi connectivity index (χ4n) is 2.10. The topological polar surface area (TPSA) is 38.3 Å². The van der Waals surface area contributed by atoms with Crippen molar-refractivity contribution >= 4 is 33.6 Å². The number of benzene rings is 2. The number of amides is 1. The van der Waals surface area contributed by atoms with E-state index in [1.807, 2.05) is 37.3 Å². The van der Waals surface area contributed by atoms with Crippen molar-refractivity contribution < 1.29 is 9.53 Å². The molecule has 0 unspecified atom stereocenters. The van der Waals surface area contributed by atoms with Crippen LogP contribution in [0.4, 0.5) is 0 Å². The normalized spacial score (nSPS) is 11.8. The highest BCUT2D eigenvalue weighted by atomic mass is 79.9. The largest absolute Gasteiger partial charge is 0.496 e. The first-order valence-electron chi connectivity index (χ1n) is 7.32.